The van der Waals surface area contributed by atoms with Crippen LogP contribution in [0.2, 0.25) is 0 Å². The van der Waals surface area contributed by atoms with E-state index in [1.54, 1.807) is 30.3 Å². The van der Waals surface area contributed by atoms with Crippen LogP contribution in [0.4, 0.5) is 5.69 Å². The van der Waals surface area contributed by atoms with Gasteiger partial charge < -0.3 is 10.6 Å². The number of aryl methyl sites for hydroxylation is 1. The molecule has 0 saturated heterocycles. The van der Waals surface area contributed by atoms with E-state index < -0.39 is 0 Å². The molecule has 1 unspecified atom stereocenters. The van der Waals surface area contributed by atoms with Crippen LogP contribution in [0.15, 0.2) is 84.9 Å². The molecule has 1 atom stereocenters. The lowest BCUT2D eigenvalue weighted by Gasteiger charge is -2.19. The van der Waals surface area contributed by atoms with Crippen molar-refractivity contribution in [2.75, 3.05) is 5.32 Å². The quantitative estimate of drug-likeness (QED) is 0.518. The molecule has 0 fully saturated rings. The minimum Gasteiger partial charge on any atom is -0.345 e. The molecule has 5 heteroatoms. The zero-order chi connectivity index (χ0) is 21.9. The van der Waals surface area contributed by atoms with Crippen LogP contribution in [0.5, 0.6) is 0 Å². The third kappa shape index (κ3) is 6.83. The molecule has 0 radical (unpaired) electrons. The highest BCUT2D eigenvalue weighted by Gasteiger charge is 2.16. The fraction of sp³-hybridized carbons (Fsp3) is 0.192. The summed E-state index contributed by atoms with van der Waals surface area (Å²) >= 11 is 0. The molecule has 0 aliphatic heterocycles. The Hall–Kier alpha value is -3.91. The standard InChI is InChI=1S/C26H25N3O2/c27-19-18-25(30)28-23-16-14-22(15-17-23)26(31)29-24(21-11-5-2-6-12-21)13-7-10-20-8-3-1-4-9-20/h1-6,8-9,11-12,14-17,24H,7,10,13,18H2,(H,28,30)(H,29,31). The predicted octanol–water partition coefficient (Wildman–Crippen LogP) is 5.03. The van der Waals surface area contributed by atoms with Gasteiger partial charge in [0, 0.05) is 11.3 Å². The van der Waals surface area contributed by atoms with Gasteiger partial charge in [-0.1, -0.05) is 60.7 Å². The van der Waals surface area contributed by atoms with Gasteiger partial charge in [-0.25, -0.2) is 0 Å². The number of benzene rings is 3. The van der Waals surface area contributed by atoms with Crippen LogP contribution < -0.4 is 10.6 Å². The molecule has 156 valence electrons. The smallest absolute Gasteiger partial charge is 0.251 e. The molecule has 0 bridgehead atoms. The van der Waals surface area contributed by atoms with Crippen LogP contribution in [-0.2, 0) is 11.2 Å². The summed E-state index contributed by atoms with van der Waals surface area (Å²) in [6.07, 6.45) is 2.53. The van der Waals surface area contributed by atoms with Gasteiger partial charge in [0.2, 0.25) is 5.91 Å². The Balaban J connectivity index is 1.63. The highest BCUT2D eigenvalue weighted by atomic mass is 16.2. The number of nitrogens with zero attached hydrogens (tertiary/aromatic N) is 1. The van der Waals surface area contributed by atoms with Gasteiger partial charge in [-0.2, -0.15) is 5.26 Å². The molecular weight excluding hydrogens is 386 g/mol. The minimum absolute atomic E-state index is 0.0904. The van der Waals surface area contributed by atoms with Gasteiger partial charge in [0.1, 0.15) is 6.42 Å². The summed E-state index contributed by atoms with van der Waals surface area (Å²) in [4.78, 5) is 24.4. The Morgan fingerprint density at radius 1 is 0.871 bits per heavy atom. The summed E-state index contributed by atoms with van der Waals surface area (Å²) in [5.41, 5.74) is 3.43. The van der Waals surface area contributed by atoms with Gasteiger partial charge in [0.05, 0.1) is 12.1 Å². The first kappa shape index (κ1) is 21.8. The van der Waals surface area contributed by atoms with E-state index >= 15 is 0 Å². The number of hydrogen-bond donors (Lipinski definition) is 2. The fourth-order valence-corrected chi connectivity index (χ4v) is 3.39. The Kier molecular flexibility index (Phi) is 7.96. The Morgan fingerprint density at radius 2 is 1.52 bits per heavy atom. The van der Waals surface area contributed by atoms with E-state index in [9.17, 15) is 9.59 Å². The second-order valence-electron chi connectivity index (χ2n) is 7.27. The molecule has 0 heterocycles. The second-order valence-corrected chi connectivity index (χ2v) is 7.27. The molecule has 3 aromatic carbocycles. The molecule has 2 amide bonds. The Morgan fingerprint density at radius 3 is 2.16 bits per heavy atom. The largest absolute Gasteiger partial charge is 0.345 e. The third-order valence-electron chi connectivity index (χ3n) is 4.98. The van der Waals surface area contributed by atoms with Crippen LogP contribution in [0.3, 0.4) is 0 Å². The number of nitriles is 1. The first-order valence-electron chi connectivity index (χ1n) is 10.3. The molecular formula is C26H25N3O2. The topological polar surface area (TPSA) is 82.0 Å². The van der Waals surface area contributed by atoms with Gasteiger partial charge >= 0.3 is 0 Å². The maximum absolute atomic E-state index is 12.9. The van der Waals surface area contributed by atoms with Gasteiger partial charge in [0.15, 0.2) is 0 Å². The lowest BCUT2D eigenvalue weighted by Crippen LogP contribution is -2.28. The number of carbonyl (C=O) groups is 2. The first-order chi connectivity index (χ1) is 15.2. The number of rotatable bonds is 9. The molecule has 0 aliphatic carbocycles. The van der Waals surface area contributed by atoms with Crippen molar-refractivity contribution >= 4 is 17.5 Å². The van der Waals surface area contributed by atoms with Crippen LogP contribution in [0.25, 0.3) is 0 Å². The first-order valence-corrected chi connectivity index (χ1v) is 10.3. The van der Waals surface area contributed by atoms with Crippen molar-refractivity contribution in [1.29, 1.82) is 5.26 Å². The normalized spacial score (nSPS) is 11.2. The Bertz CT molecular complexity index is 1030. The van der Waals surface area contributed by atoms with Crippen molar-refractivity contribution < 1.29 is 9.59 Å². The fourth-order valence-electron chi connectivity index (χ4n) is 3.39. The Labute approximate surface area is 182 Å². The molecule has 3 aromatic rings. The number of hydrogen-bond acceptors (Lipinski definition) is 3. The second kappa shape index (κ2) is 11.3. The van der Waals surface area contributed by atoms with Crippen LogP contribution in [0.1, 0.15) is 46.8 Å². The predicted molar refractivity (Wildman–Crippen MR) is 121 cm³/mol. The number of carbonyl (C=O) groups excluding carboxylic acids is 2. The molecule has 3 rings (SSSR count). The summed E-state index contributed by atoms with van der Waals surface area (Å²) in [7, 11) is 0. The molecule has 0 aliphatic rings. The van der Waals surface area contributed by atoms with Gasteiger partial charge in [-0.05, 0) is 54.7 Å². The molecule has 31 heavy (non-hydrogen) atoms. The van der Waals surface area contributed by atoms with Gasteiger partial charge in [-0.15, -0.1) is 0 Å². The van der Waals surface area contributed by atoms with Crippen molar-refractivity contribution in [3.63, 3.8) is 0 Å². The van der Waals surface area contributed by atoms with Crippen LogP contribution in [-0.4, -0.2) is 11.8 Å². The molecule has 5 nitrogen and oxygen atoms in total. The summed E-state index contributed by atoms with van der Waals surface area (Å²) in [5.74, 6) is -0.536. The van der Waals surface area contributed by atoms with Gasteiger partial charge in [-0.3, -0.25) is 9.59 Å². The van der Waals surface area contributed by atoms with Gasteiger partial charge in [0.25, 0.3) is 5.91 Å². The zero-order valence-electron chi connectivity index (χ0n) is 17.3. The van der Waals surface area contributed by atoms with Crippen LogP contribution >= 0.6 is 0 Å². The minimum atomic E-state index is -0.373. The monoisotopic (exact) mass is 411 g/mol. The summed E-state index contributed by atoms with van der Waals surface area (Å²) in [6, 6.07) is 28.7. The average molecular weight is 412 g/mol. The van der Waals surface area contributed by atoms with Crippen molar-refractivity contribution in [2.45, 2.75) is 31.7 Å². The number of anilines is 1. The van der Waals surface area contributed by atoms with E-state index in [0.717, 1.165) is 24.8 Å². The summed E-state index contributed by atoms with van der Waals surface area (Å²) < 4.78 is 0. The van der Waals surface area contributed by atoms with E-state index in [-0.39, 0.29) is 24.3 Å². The lowest BCUT2D eigenvalue weighted by atomic mass is 9.98. The maximum Gasteiger partial charge on any atom is 0.251 e. The molecule has 0 saturated carbocycles. The highest BCUT2D eigenvalue weighted by Crippen LogP contribution is 2.21. The average Bonchev–Trinajstić information content (AvgIpc) is 2.80. The summed E-state index contributed by atoms with van der Waals surface area (Å²) in [6.45, 7) is 0. The molecule has 2 N–H and O–H groups in total. The molecule has 0 spiro atoms. The van der Waals surface area contributed by atoms with Crippen molar-refractivity contribution in [2.24, 2.45) is 0 Å². The number of nitrogens with one attached hydrogen (secondary N) is 2. The SMILES string of the molecule is N#CCC(=O)Nc1ccc(C(=O)NC(CCCc2ccccc2)c2ccccc2)cc1. The summed E-state index contributed by atoms with van der Waals surface area (Å²) in [5, 5.41) is 14.3. The van der Waals surface area contributed by atoms with E-state index in [1.807, 2.05) is 48.5 Å². The van der Waals surface area contributed by atoms with Crippen LogP contribution in [0, 0.1) is 11.3 Å². The zero-order valence-corrected chi connectivity index (χ0v) is 17.3. The highest BCUT2D eigenvalue weighted by molar-refractivity contribution is 5.96. The maximum atomic E-state index is 12.9. The van der Waals surface area contributed by atoms with E-state index in [0.29, 0.717) is 11.3 Å². The van der Waals surface area contributed by atoms with Crippen molar-refractivity contribution in [3.8, 4) is 6.07 Å². The molecule has 0 aromatic heterocycles. The lowest BCUT2D eigenvalue weighted by molar-refractivity contribution is -0.115. The van der Waals surface area contributed by atoms with E-state index in [1.165, 1.54) is 5.56 Å². The van der Waals surface area contributed by atoms with E-state index in [2.05, 4.69) is 22.8 Å². The van der Waals surface area contributed by atoms with Crippen molar-refractivity contribution in [1.82, 2.24) is 5.32 Å². The third-order valence-corrected chi connectivity index (χ3v) is 4.98. The number of amides is 2. The van der Waals surface area contributed by atoms with Crippen molar-refractivity contribution in [3.05, 3.63) is 102 Å². The van der Waals surface area contributed by atoms with E-state index in [4.69, 9.17) is 5.26 Å².